The van der Waals surface area contributed by atoms with Gasteiger partial charge in [-0.1, -0.05) is 24.6 Å². The number of amides is 2. The number of aromatic nitrogens is 2. The Balaban J connectivity index is 1.15. The van der Waals surface area contributed by atoms with Gasteiger partial charge < -0.3 is 19.7 Å². The lowest BCUT2D eigenvalue weighted by molar-refractivity contribution is -0.141. The van der Waals surface area contributed by atoms with Crippen molar-refractivity contribution in [2.45, 2.75) is 58.0 Å². The molecule has 1 N–H and O–H groups in total. The van der Waals surface area contributed by atoms with Crippen molar-refractivity contribution < 1.29 is 19.1 Å². The molecule has 5 rings (SSSR count). The summed E-state index contributed by atoms with van der Waals surface area (Å²) in [7, 11) is 0. The molecule has 1 atom stereocenters. The number of carbonyl (C=O) groups excluding carboxylic acids is 2. The minimum atomic E-state index is -0.358. The number of aryl methyl sites for hydroxylation is 2. The first-order chi connectivity index (χ1) is 19.0. The standard InChI is InChI=1S/C30H41N5O4/c1-23-31-15-10-25(33-23)27-21-35(18-20-39-27)28(36)22-34-16-12-30(13-17-34)11-5-4-8-24-7-2-3-9-26(24)38-19-6-14-32-29(30)37/h2-3,7,9-10,15,27H,4-6,8,11-14,16-22H2,1H3,(H,32,37). The highest BCUT2D eigenvalue weighted by Gasteiger charge is 2.41. The number of fused-ring (bicyclic) bond motifs is 1. The topological polar surface area (TPSA) is 96.9 Å². The maximum atomic E-state index is 13.4. The van der Waals surface area contributed by atoms with Crippen molar-refractivity contribution in [2.75, 3.05) is 52.5 Å². The molecule has 2 fully saturated rings. The van der Waals surface area contributed by atoms with Gasteiger partial charge in [0.05, 0.1) is 37.4 Å². The Morgan fingerprint density at radius 1 is 1.08 bits per heavy atom. The lowest BCUT2D eigenvalue weighted by Gasteiger charge is -2.41. The molecule has 1 spiro atoms. The molecule has 0 bridgehead atoms. The van der Waals surface area contributed by atoms with E-state index in [9.17, 15) is 9.59 Å². The number of carbonyl (C=O) groups is 2. The average Bonchev–Trinajstić information content (AvgIpc) is 2.97. The number of benzene rings is 1. The van der Waals surface area contributed by atoms with Crippen LogP contribution in [-0.2, 0) is 20.7 Å². The molecule has 1 aromatic heterocycles. The molecule has 9 nitrogen and oxygen atoms in total. The number of morpholine rings is 1. The summed E-state index contributed by atoms with van der Waals surface area (Å²) in [6.07, 6.45) is 7.73. The molecule has 1 aromatic carbocycles. The number of para-hydroxylation sites is 1. The Labute approximate surface area is 231 Å². The summed E-state index contributed by atoms with van der Waals surface area (Å²) in [5.74, 6) is 1.95. The third-order valence-corrected chi connectivity index (χ3v) is 8.39. The van der Waals surface area contributed by atoms with Gasteiger partial charge in [0.2, 0.25) is 11.8 Å². The fourth-order valence-electron chi connectivity index (χ4n) is 6.00. The van der Waals surface area contributed by atoms with E-state index in [4.69, 9.17) is 9.47 Å². The molecular formula is C30H41N5O4. The van der Waals surface area contributed by atoms with Gasteiger partial charge >= 0.3 is 0 Å². The monoisotopic (exact) mass is 535 g/mol. The van der Waals surface area contributed by atoms with E-state index in [-0.39, 0.29) is 23.3 Å². The predicted octanol–water partition coefficient (Wildman–Crippen LogP) is 3.08. The zero-order valence-electron chi connectivity index (χ0n) is 23.1. The molecule has 2 aromatic rings. The van der Waals surface area contributed by atoms with Crippen LogP contribution in [0.15, 0.2) is 36.5 Å². The molecule has 0 saturated carbocycles. The second-order valence-corrected chi connectivity index (χ2v) is 11.1. The van der Waals surface area contributed by atoms with E-state index in [0.717, 1.165) is 69.5 Å². The van der Waals surface area contributed by atoms with Crippen molar-refractivity contribution in [3.05, 3.63) is 53.6 Å². The van der Waals surface area contributed by atoms with Crippen LogP contribution in [0.5, 0.6) is 5.75 Å². The first kappa shape index (κ1) is 27.5. The van der Waals surface area contributed by atoms with Crippen LogP contribution >= 0.6 is 0 Å². The summed E-state index contributed by atoms with van der Waals surface area (Å²) >= 11 is 0. The van der Waals surface area contributed by atoms with Crippen molar-refractivity contribution >= 4 is 11.8 Å². The Hall–Kier alpha value is -3.04. The van der Waals surface area contributed by atoms with Crippen LogP contribution in [0.1, 0.15) is 61.7 Å². The highest BCUT2D eigenvalue weighted by atomic mass is 16.5. The van der Waals surface area contributed by atoms with Crippen LogP contribution in [0.4, 0.5) is 0 Å². The predicted molar refractivity (Wildman–Crippen MR) is 147 cm³/mol. The van der Waals surface area contributed by atoms with Crippen molar-refractivity contribution in [1.82, 2.24) is 25.1 Å². The smallest absolute Gasteiger partial charge is 0.236 e. The maximum Gasteiger partial charge on any atom is 0.236 e. The summed E-state index contributed by atoms with van der Waals surface area (Å²) < 4.78 is 11.9. The first-order valence-electron chi connectivity index (χ1n) is 14.4. The Kier molecular flexibility index (Phi) is 9.09. The number of piperidine rings is 1. The van der Waals surface area contributed by atoms with E-state index in [0.29, 0.717) is 45.2 Å². The lowest BCUT2D eigenvalue weighted by atomic mass is 9.73. The number of hydrogen-bond donors (Lipinski definition) is 1. The zero-order valence-corrected chi connectivity index (χ0v) is 23.1. The first-order valence-corrected chi connectivity index (χ1v) is 14.4. The normalized spacial score (nSPS) is 22.9. The summed E-state index contributed by atoms with van der Waals surface area (Å²) in [5, 5.41) is 3.20. The molecule has 2 saturated heterocycles. The molecule has 4 heterocycles. The van der Waals surface area contributed by atoms with Crippen molar-refractivity contribution in [3.8, 4) is 5.75 Å². The molecular weight excluding hydrogens is 494 g/mol. The van der Waals surface area contributed by atoms with Gasteiger partial charge in [-0.3, -0.25) is 14.5 Å². The second-order valence-electron chi connectivity index (χ2n) is 11.1. The van der Waals surface area contributed by atoms with E-state index in [1.807, 2.05) is 30.0 Å². The Morgan fingerprint density at radius 3 is 2.77 bits per heavy atom. The molecule has 9 heteroatoms. The number of nitrogens with zero attached hydrogens (tertiary/aromatic N) is 4. The number of ether oxygens (including phenoxy) is 2. The summed E-state index contributed by atoms with van der Waals surface area (Å²) in [6.45, 7) is 6.55. The van der Waals surface area contributed by atoms with Gasteiger partial charge in [0, 0.05) is 19.3 Å². The number of rotatable bonds is 3. The fraction of sp³-hybridized carbons (Fsp3) is 0.600. The molecule has 0 aliphatic carbocycles. The van der Waals surface area contributed by atoms with E-state index >= 15 is 0 Å². The van der Waals surface area contributed by atoms with E-state index in [2.05, 4.69) is 32.3 Å². The SMILES string of the molecule is Cc1nccc(C2CN(C(=O)CN3CCC4(CCCCc5ccccc5OCCCNC4=O)CC3)CCO2)n1. The van der Waals surface area contributed by atoms with Gasteiger partial charge in [0.15, 0.2) is 0 Å². The number of nitrogens with one attached hydrogen (secondary N) is 1. The van der Waals surface area contributed by atoms with Crippen molar-refractivity contribution in [3.63, 3.8) is 0 Å². The van der Waals surface area contributed by atoms with E-state index < -0.39 is 0 Å². The summed E-state index contributed by atoms with van der Waals surface area (Å²) in [6, 6.07) is 10.1. The van der Waals surface area contributed by atoms with Gasteiger partial charge in [-0.15, -0.1) is 0 Å². The van der Waals surface area contributed by atoms with Crippen LogP contribution in [0, 0.1) is 12.3 Å². The number of likely N-dealkylation sites (tertiary alicyclic amines) is 1. The molecule has 3 aliphatic rings. The Bertz CT molecular complexity index is 1130. The third kappa shape index (κ3) is 6.94. The minimum Gasteiger partial charge on any atom is -0.493 e. The third-order valence-electron chi connectivity index (χ3n) is 8.39. The second kappa shape index (κ2) is 12.9. The van der Waals surface area contributed by atoms with Crippen LogP contribution < -0.4 is 10.1 Å². The number of hydrogen-bond acceptors (Lipinski definition) is 7. The van der Waals surface area contributed by atoms with Gasteiger partial charge in [-0.2, -0.15) is 0 Å². The molecule has 2 amide bonds. The van der Waals surface area contributed by atoms with E-state index in [1.165, 1.54) is 5.56 Å². The van der Waals surface area contributed by atoms with Crippen molar-refractivity contribution in [2.24, 2.45) is 5.41 Å². The maximum absolute atomic E-state index is 13.4. The summed E-state index contributed by atoms with van der Waals surface area (Å²) in [5.41, 5.74) is 1.71. The highest BCUT2D eigenvalue weighted by Crippen LogP contribution is 2.37. The molecule has 0 radical (unpaired) electrons. The molecule has 1 unspecified atom stereocenters. The summed E-state index contributed by atoms with van der Waals surface area (Å²) in [4.78, 5) is 39.4. The van der Waals surface area contributed by atoms with Crippen molar-refractivity contribution in [1.29, 1.82) is 0 Å². The minimum absolute atomic E-state index is 0.114. The molecule has 3 aliphatic heterocycles. The van der Waals surface area contributed by atoms with Gasteiger partial charge in [-0.05, 0) is 76.2 Å². The van der Waals surface area contributed by atoms with Crippen LogP contribution in [-0.4, -0.2) is 84.1 Å². The average molecular weight is 536 g/mol. The largest absolute Gasteiger partial charge is 0.493 e. The van der Waals surface area contributed by atoms with Crippen LogP contribution in [0.2, 0.25) is 0 Å². The zero-order chi connectivity index (χ0) is 27.1. The van der Waals surface area contributed by atoms with Gasteiger partial charge in [-0.25, -0.2) is 9.97 Å². The molecule has 39 heavy (non-hydrogen) atoms. The van der Waals surface area contributed by atoms with Gasteiger partial charge in [0.1, 0.15) is 17.7 Å². The lowest BCUT2D eigenvalue weighted by Crippen LogP contribution is -2.52. The fourth-order valence-corrected chi connectivity index (χ4v) is 6.00. The highest BCUT2D eigenvalue weighted by molar-refractivity contribution is 5.83. The Morgan fingerprint density at radius 2 is 1.92 bits per heavy atom. The quantitative estimate of drug-likeness (QED) is 0.645. The molecule has 210 valence electrons. The van der Waals surface area contributed by atoms with Gasteiger partial charge in [0.25, 0.3) is 0 Å². The van der Waals surface area contributed by atoms with Crippen LogP contribution in [0.3, 0.4) is 0 Å². The van der Waals surface area contributed by atoms with E-state index in [1.54, 1.807) is 6.20 Å². The van der Waals surface area contributed by atoms with Crippen LogP contribution in [0.25, 0.3) is 0 Å².